The van der Waals surface area contributed by atoms with Gasteiger partial charge in [-0.2, -0.15) is 0 Å². The van der Waals surface area contributed by atoms with Crippen molar-refractivity contribution in [3.05, 3.63) is 0 Å². The van der Waals surface area contributed by atoms with Gasteiger partial charge in [0.2, 0.25) is 0 Å². The van der Waals surface area contributed by atoms with E-state index in [-0.39, 0.29) is 0 Å². The Kier molecular flexibility index (Phi) is 3.02. The van der Waals surface area contributed by atoms with Gasteiger partial charge in [-0.05, 0) is 32.6 Å². The molecule has 1 aliphatic heterocycles. The molecule has 0 aromatic heterocycles. The van der Waals surface area contributed by atoms with Gasteiger partial charge < -0.3 is 10.4 Å². The minimum Gasteiger partial charge on any atom is -0.389 e. The lowest BCUT2D eigenvalue weighted by molar-refractivity contribution is 0.0736. The SMILES string of the molecule is CC1(O)CCCC1SC1=NCCCN1. The molecule has 0 bridgehead atoms. The zero-order valence-corrected chi connectivity index (χ0v) is 9.44. The van der Waals surface area contributed by atoms with E-state index in [2.05, 4.69) is 10.3 Å². The molecular formula is C10H18N2OS. The first-order valence-electron chi connectivity index (χ1n) is 5.36. The molecule has 2 rings (SSSR count). The predicted molar refractivity (Wildman–Crippen MR) is 60.8 cm³/mol. The summed E-state index contributed by atoms with van der Waals surface area (Å²) in [6.45, 7) is 3.91. The van der Waals surface area contributed by atoms with Crippen molar-refractivity contribution < 1.29 is 5.11 Å². The molecule has 2 N–H and O–H groups in total. The molecule has 1 fully saturated rings. The van der Waals surface area contributed by atoms with Crippen LogP contribution in [0.2, 0.25) is 0 Å². The van der Waals surface area contributed by atoms with Crippen LogP contribution in [0.4, 0.5) is 0 Å². The van der Waals surface area contributed by atoms with Crippen molar-refractivity contribution in [2.24, 2.45) is 4.99 Å². The molecule has 4 heteroatoms. The summed E-state index contributed by atoms with van der Waals surface area (Å²) < 4.78 is 0. The second-order valence-electron chi connectivity index (χ2n) is 4.32. The van der Waals surface area contributed by atoms with Crippen molar-refractivity contribution in [3.8, 4) is 0 Å². The van der Waals surface area contributed by atoms with E-state index >= 15 is 0 Å². The highest BCUT2D eigenvalue weighted by Crippen LogP contribution is 2.38. The summed E-state index contributed by atoms with van der Waals surface area (Å²) in [5.41, 5.74) is -0.494. The highest BCUT2D eigenvalue weighted by atomic mass is 32.2. The molecule has 2 aliphatic rings. The van der Waals surface area contributed by atoms with Crippen LogP contribution in [0.3, 0.4) is 0 Å². The molecule has 0 amide bonds. The van der Waals surface area contributed by atoms with Crippen LogP contribution >= 0.6 is 11.8 Å². The molecule has 80 valence electrons. The van der Waals surface area contributed by atoms with Crippen LogP contribution in [0.25, 0.3) is 0 Å². The van der Waals surface area contributed by atoms with E-state index in [1.807, 2.05) is 6.92 Å². The standard InChI is InChI=1S/C10H18N2OS/c1-10(13)5-2-4-8(10)14-9-11-6-3-7-12-9/h8,13H,2-7H2,1H3,(H,11,12). The molecule has 0 aromatic rings. The zero-order valence-electron chi connectivity index (χ0n) is 8.62. The Hall–Kier alpha value is -0.220. The molecule has 2 atom stereocenters. The Bertz CT molecular complexity index is 240. The van der Waals surface area contributed by atoms with E-state index in [1.54, 1.807) is 11.8 Å². The van der Waals surface area contributed by atoms with E-state index < -0.39 is 5.60 Å². The van der Waals surface area contributed by atoms with Crippen LogP contribution in [0.5, 0.6) is 0 Å². The molecule has 1 saturated carbocycles. The summed E-state index contributed by atoms with van der Waals surface area (Å²) >= 11 is 1.72. The van der Waals surface area contributed by atoms with E-state index in [0.717, 1.165) is 43.9 Å². The molecule has 1 heterocycles. The number of rotatable bonds is 1. The highest BCUT2D eigenvalue weighted by Gasteiger charge is 2.38. The van der Waals surface area contributed by atoms with Gasteiger partial charge >= 0.3 is 0 Å². The minimum absolute atomic E-state index is 0.326. The van der Waals surface area contributed by atoms with E-state index in [0.29, 0.717) is 5.25 Å². The molecule has 0 aromatic carbocycles. The van der Waals surface area contributed by atoms with Crippen molar-refractivity contribution >= 4 is 16.9 Å². The fourth-order valence-electron chi connectivity index (χ4n) is 2.03. The van der Waals surface area contributed by atoms with Gasteiger partial charge in [0.05, 0.1) is 5.60 Å². The predicted octanol–water partition coefficient (Wildman–Crippen LogP) is 1.37. The first-order chi connectivity index (χ1) is 6.68. The lowest BCUT2D eigenvalue weighted by Crippen LogP contribution is -2.35. The van der Waals surface area contributed by atoms with Gasteiger partial charge in [0, 0.05) is 18.3 Å². The van der Waals surface area contributed by atoms with E-state index in [4.69, 9.17) is 0 Å². The average Bonchev–Trinajstić information content (AvgIpc) is 2.48. The summed E-state index contributed by atoms with van der Waals surface area (Å²) in [4.78, 5) is 4.42. The topological polar surface area (TPSA) is 44.6 Å². The van der Waals surface area contributed by atoms with Crippen LogP contribution in [-0.2, 0) is 0 Å². The molecule has 14 heavy (non-hydrogen) atoms. The Labute approximate surface area is 89.4 Å². The molecule has 0 spiro atoms. The number of nitrogens with zero attached hydrogens (tertiary/aromatic N) is 1. The van der Waals surface area contributed by atoms with E-state index in [9.17, 15) is 5.11 Å². The maximum absolute atomic E-state index is 10.1. The largest absolute Gasteiger partial charge is 0.389 e. The van der Waals surface area contributed by atoms with Crippen molar-refractivity contribution in [2.75, 3.05) is 13.1 Å². The summed E-state index contributed by atoms with van der Waals surface area (Å²) in [7, 11) is 0. The number of amidine groups is 1. The van der Waals surface area contributed by atoms with Gasteiger partial charge in [-0.1, -0.05) is 11.8 Å². The van der Waals surface area contributed by atoms with Gasteiger partial charge in [0.15, 0.2) is 5.17 Å². The van der Waals surface area contributed by atoms with Crippen molar-refractivity contribution in [3.63, 3.8) is 0 Å². The van der Waals surface area contributed by atoms with Gasteiger partial charge in [-0.15, -0.1) is 0 Å². The number of hydrogen-bond donors (Lipinski definition) is 2. The fraction of sp³-hybridized carbons (Fsp3) is 0.900. The molecule has 0 saturated heterocycles. The summed E-state index contributed by atoms with van der Waals surface area (Å²) in [6, 6.07) is 0. The Morgan fingerprint density at radius 3 is 3.00 bits per heavy atom. The third-order valence-electron chi connectivity index (χ3n) is 2.96. The average molecular weight is 214 g/mol. The summed E-state index contributed by atoms with van der Waals surface area (Å²) in [5, 5.41) is 14.7. The fourth-order valence-corrected chi connectivity index (χ4v) is 3.30. The second kappa shape index (κ2) is 4.11. The monoisotopic (exact) mass is 214 g/mol. The molecule has 2 unspecified atom stereocenters. The molecular weight excluding hydrogens is 196 g/mol. The van der Waals surface area contributed by atoms with Crippen LogP contribution in [0.1, 0.15) is 32.6 Å². The molecule has 0 radical (unpaired) electrons. The highest BCUT2D eigenvalue weighted by molar-refractivity contribution is 8.14. The minimum atomic E-state index is -0.494. The van der Waals surface area contributed by atoms with Crippen LogP contribution in [-0.4, -0.2) is 34.2 Å². The number of hydrogen-bond acceptors (Lipinski definition) is 4. The Morgan fingerprint density at radius 2 is 2.43 bits per heavy atom. The van der Waals surface area contributed by atoms with Gasteiger partial charge in [-0.3, -0.25) is 4.99 Å². The van der Waals surface area contributed by atoms with Crippen LogP contribution in [0.15, 0.2) is 4.99 Å². The lowest BCUT2D eigenvalue weighted by atomic mass is 10.1. The van der Waals surface area contributed by atoms with Gasteiger partial charge in [-0.25, -0.2) is 0 Å². The van der Waals surface area contributed by atoms with Crippen LogP contribution < -0.4 is 5.32 Å². The van der Waals surface area contributed by atoms with Crippen molar-refractivity contribution in [1.29, 1.82) is 0 Å². The normalized spacial score (nSPS) is 37.9. The zero-order chi connectivity index (χ0) is 10.0. The number of aliphatic imine (C=N–C) groups is 1. The first-order valence-corrected chi connectivity index (χ1v) is 6.24. The number of aliphatic hydroxyl groups is 1. The van der Waals surface area contributed by atoms with Crippen molar-refractivity contribution in [1.82, 2.24) is 5.32 Å². The Morgan fingerprint density at radius 1 is 1.57 bits per heavy atom. The lowest BCUT2D eigenvalue weighted by Gasteiger charge is -2.26. The maximum Gasteiger partial charge on any atom is 0.156 e. The summed E-state index contributed by atoms with van der Waals surface area (Å²) in [5.74, 6) is 0. The smallest absolute Gasteiger partial charge is 0.156 e. The first kappa shape index (κ1) is 10.3. The maximum atomic E-state index is 10.1. The number of thioether (sulfide) groups is 1. The van der Waals surface area contributed by atoms with Gasteiger partial charge in [0.25, 0.3) is 0 Å². The third kappa shape index (κ3) is 2.23. The quantitative estimate of drug-likeness (QED) is 0.693. The second-order valence-corrected chi connectivity index (χ2v) is 5.51. The number of nitrogens with one attached hydrogen (secondary N) is 1. The van der Waals surface area contributed by atoms with Crippen molar-refractivity contribution in [2.45, 2.75) is 43.5 Å². The summed E-state index contributed by atoms with van der Waals surface area (Å²) in [6.07, 6.45) is 4.30. The Balaban J connectivity index is 1.93. The van der Waals surface area contributed by atoms with Gasteiger partial charge in [0.1, 0.15) is 0 Å². The van der Waals surface area contributed by atoms with E-state index in [1.165, 1.54) is 0 Å². The molecule has 3 nitrogen and oxygen atoms in total. The molecule has 1 aliphatic carbocycles. The van der Waals surface area contributed by atoms with Crippen LogP contribution in [0, 0.1) is 0 Å². The third-order valence-corrected chi connectivity index (χ3v) is 4.49.